The Bertz CT molecular complexity index is 3600. The molecule has 0 bridgehead atoms. The highest BCUT2D eigenvalue weighted by Crippen LogP contribution is 2.45. The molecule has 12 rings (SSSR count). The summed E-state index contributed by atoms with van der Waals surface area (Å²) in [5.41, 5.74) is 5.87. The lowest BCUT2D eigenvalue weighted by Gasteiger charge is -2.15. The van der Waals surface area contributed by atoms with Gasteiger partial charge in [-0.1, -0.05) is 121 Å². The maximum Gasteiger partial charge on any atom is 0.164 e. The molecule has 5 heteroatoms. The molecular formula is C50H29N3O2. The number of nitrogens with zero attached hydrogens (tertiary/aromatic N) is 2. The fourth-order valence-electron chi connectivity index (χ4n) is 8.88. The molecule has 3 heterocycles. The fraction of sp³-hybridized carbons (Fsp3) is 0. The van der Waals surface area contributed by atoms with Crippen LogP contribution in [0.1, 0.15) is 5.56 Å². The zero-order valence-electron chi connectivity index (χ0n) is 29.4. The van der Waals surface area contributed by atoms with E-state index < -0.39 is 0 Å². The SMILES string of the molecule is N=C(C(=Nc1coc2ccccc12)n1c2ccc3ccccc3c2c2c3c4ccccc4c4ccccc4c3ccc21)c1ccc2c(c1)oc1ccccc12. The average Bonchev–Trinajstić information content (AvgIpc) is 3.94. The monoisotopic (exact) mass is 703 g/mol. The standard InChI is InChI=1S/C50H29N3O2/c51-49(30-21-23-36-35-16-7-10-20-44(35)55-45(36)27-30)50(52-40-28-54-43-19-9-8-18-39(40)43)53-41-25-22-29-11-1-2-12-31(29)47(41)48-42(53)26-24-38-34-15-4-3-13-32(34)33-14-5-6-17-37(33)46(38)48/h1-28,51H. The van der Waals surface area contributed by atoms with Crippen LogP contribution in [0.2, 0.25) is 0 Å². The van der Waals surface area contributed by atoms with E-state index in [1.165, 1.54) is 32.3 Å². The first-order chi connectivity index (χ1) is 27.2. The molecule has 0 aliphatic rings. The van der Waals surface area contributed by atoms with Gasteiger partial charge in [0.25, 0.3) is 0 Å². The summed E-state index contributed by atoms with van der Waals surface area (Å²) in [6.45, 7) is 0. The molecule has 5 nitrogen and oxygen atoms in total. The van der Waals surface area contributed by atoms with E-state index in [4.69, 9.17) is 13.8 Å². The van der Waals surface area contributed by atoms with E-state index in [2.05, 4.69) is 114 Å². The molecule has 12 aromatic rings. The Morgan fingerprint density at radius 2 is 1.02 bits per heavy atom. The molecule has 0 amide bonds. The first-order valence-corrected chi connectivity index (χ1v) is 18.5. The maximum absolute atomic E-state index is 10.1. The smallest absolute Gasteiger partial charge is 0.164 e. The van der Waals surface area contributed by atoms with Crippen molar-refractivity contribution in [1.82, 2.24) is 4.57 Å². The second-order valence-corrected chi connectivity index (χ2v) is 14.2. The Hall–Kier alpha value is -7.50. The molecule has 0 radical (unpaired) electrons. The summed E-state index contributed by atoms with van der Waals surface area (Å²) >= 11 is 0. The molecule has 55 heavy (non-hydrogen) atoms. The lowest BCUT2D eigenvalue weighted by atomic mass is 9.91. The lowest BCUT2D eigenvalue weighted by Crippen LogP contribution is -2.23. The van der Waals surface area contributed by atoms with Crippen molar-refractivity contribution in [3.8, 4) is 0 Å². The summed E-state index contributed by atoms with van der Waals surface area (Å²) in [4.78, 5) is 5.39. The van der Waals surface area contributed by atoms with E-state index >= 15 is 0 Å². The third-order valence-electron chi connectivity index (χ3n) is 11.3. The summed E-state index contributed by atoms with van der Waals surface area (Å²) in [5.74, 6) is 0.488. The molecule has 0 aliphatic heterocycles. The molecule has 9 aromatic carbocycles. The van der Waals surface area contributed by atoms with Crippen LogP contribution in [0.15, 0.2) is 184 Å². The fourth-order valence-corrected chi connectivity index (χ4v) is 8.88. The Balaban J connectivity index is 1.24. The van der Waals surface area contributed by atoms with Crippen molar-refractivity contribution in [3.63, 3.8) is 0 Å². The minimum absolute atomic E-state index is 0.267. The number of furan rings is 2. The quantitative estimate of drug-likeness (QED) is 0.113. The number of aromatic nitrogens is 1. The van der Waals surface area contributed by atoms with Crippen molar-refractivity contribution in [2.75, 3.05) is 0 Å². The van der Waals surface area contributed by atoms with Gasteiger partial charge in [0.1, 0.15) is 34.4 Å². The molecule has 256 valence electrons. The Labute approximate surface area is 313 Å². The van der Waals surface area contributed by atoms with Crippen molar-refractivity contribution in [1.29, 1.82) is 5.41 Å². The van der Waals surface area contributed by atoms with Crippen LogP contribution in [-0.2, 0) is 0 Å². The van der Waals surface area contributed by atoms with Gasteiger partial charge in [0.05, 0.1) is 11.0 Å². The van der Waals surface area contributed by atoms with Gasteiger partial charge in [0, 0.05) is 37.9 Å². The first-order valence-electron chi connectivity index (χ1n) is 18.5. The Morgan fingerprint density at radius 1 is 0.455 bits per heavy atom. The topological polar surface area (TPSA) is 67.4 Å². The highest BCUT2D eigenvalue weighted by Gasteiger charge is 2.25. The predicted octanol–water partition coefficient (Wildman–Crippen LogP) is 13.7. The van der Waals surface area contributed by atoms with Gasteiger partial charge in [-0.2, -0.15) is 0 Å². The van der Waals surface area contributed by atoms with E-state index in [0.717, 1.165) is 65.5 Å². The second-order valence-electron chi connectivity index (χ2n) is 14.2. The summed E-state index contributed by atoms with van der Waals surface area (Å²) in [5, 5.41) is 24.8. The van der Waals surface area contributed by atoms with Crippen molar-refractivity contribution in [3.05, 3.63) is 176 Å². The number of hydrogen-bond acceptors (Lipinski definition) is 4. The van der Waals surface area contributed by atoms with Crippen LogP contribution >= 0.6 is 0 Å². The summed E-state index contributed by atoms with van der Waals surface area (Å²) < 4.78 is 14.5. The molecule has 0 atom stereocenters. The molecule has 1 N–H and O–H groups in total. The Morgan fingerprint density at radius 3 is 1.82 bits per heavy atom. The second kappa shape index (κ2) is 11.3. The number of para-hydroxylation sites is 2. The van der Waals surface area contributed by atoms with Crippen molar-refractivity contribution >= 4 is 115 Å². The van der Waals surface area contributed by atoms with E-state index in [1.807, 2.05) is 54.6 Å². The molecule has 0 spiro atoms. The van der Waals surface area contributed by atoms with Crippen LogP contribution in [0.4, 0.5) is 5.69 Å². The third kappa shape index (κ3) is 4.23. The van der Waals surface area contributed by atoms with Crippen LogP contribution in [0.3, 0.4) is 0 Å². The molecule has 0 saturated heterocycles. The number of nitrogens with one attached hydrogen (secondary N) is 1. The number of fused-ring (bicyclic) bond motifs is 16. The van der Waals surface area contributed by atoms with Crippen LogP contribution in [0.25, 0.3) is 97.8 Å². The molecular weight excluding hydrogens is 675 g/mol. The van der Waals surface area contributed by atoms with Gasteiger partial charge >= 0.3 is 0 Å². The van der Waals surface area contributed by atoms with Gasteiger partial charge in [0.2, 0.25) is 0 Å². The van der Waals surface area contributed by atoms with Gasteiger partial charge in [-0.05, 0) is 80.2 Å². The molecule has 0 fully saturated rings. The van der Waals surface area contributed by atoms with Crippen LogP contribution in [0.5, 0.6) is 0 Å². The molecule has 3 aromatic heterocycles. The minimum Gasteiger partial charge on any atom is -0.462 e. The number of hydrogen-bond donors (Lipinski definition) is 1. The summed E-state index contributed by atoms with van der Waals surface area (Å²) in [6, 6.07) is 56.9. The number of rotatable bonds is 3. The van der Waals surface area contributed by atoms with E-state index in [0.29, 0.717) is 17.1 Å². The lowest BCUT2D eigenvalue weighted by molar-refractivity contribution is 0.616. The van der Waals surface area contributed by atoms with Crippen molar-refractivity contribution in [2.45, 2.75) is 0 Å². The van der Waals surface area contributed by atoms with Gasteiger partial charge in [0.15, 0.2) is 5.84 Å². The minimum atomic E-state index is 0.267. The maximum atomic E-state index is 10.1. The third-order valence-corrected chi connectivity index (χ3v) is 11.3. The number of benzene rings is 9. The van der Waals surface area contributed by atoms with Gasteiger partial charge in [-0.25, -0.2) is 4.99 Å². The van der Waals surface area contributed by atoms with Crippen LogP contribution in [-0.4, -0.2) is 16.1 Å². The molecule has 0 saturated carbocycles. The normalized spacial score (nSPS) is 12.5. The average molecular weight is 704 g/mol. The highest BCUT2D eigenvalue weighted by molar-refractivity contribution is 6.51. The van der Waals surface area contributed by atoms with Crippen LogP contribution in [0, 0.1) is 5.41 Å². The Kier molecular flexibility index (Phi) is 6.14. The molecule has 0 aliphatic carbocycles. The molecule has 0 unspecified atom stereocenters. The van der Waals surface area contributed by atoms with E-state index in [9.17, 15) is 5.41 Å². The summed E-state index contributed by atoms with van der Waals surface area (Å²) in [7, 11) is 0. The summed E-state index contributed by atoms with van der Waals surface area (Å²) in [6.07, 6.45) is 1.69. The largest absolute Gasteiger partial charge is 0.462 e. The van der Waals surface area contributed by atoms with Crippen LogP contribution < -0.4 is 0 Å². The first kappa shape index (κ1) is 30.0. The zero-order valence-corrected chi connectivity index (χ0v) is 29.4. The zero-order chi connectivity index (χ0) is 36.2. The van der Waals surface area contributed by atoms with Gasteiger partial charge in [-0.3, -0.25) is 9.98 Å². The van der Waals surface area contributed by atoms with E-state index in [-0.39, 0.29) is 5.71 Å². The van der Waals surface area contributed by atoms with Gasteiger partial charge in [-0.15, -0.1) is 0 Å². The van der Waals surface area contributed by atoms with Crippen molar-refractivity contribution in [2.24, 2.45) is 4.99 Å². The van der Waals surface area contributed by atoms with E-state index in [1.54, 1.807) is 6.26 Å². The predicted molar refractivity (Wildman–Crippen MR) is 229 cm³/mol. The number of aliphatic imine (C=N–C) groups is 1. The highest BCUT2D eigenvalue weighted by atomic mass is 16.3. The van der Waals surface area contributed by atoms with Gasteiger partial charge < -0.3 is 8.83 Å². The van der Waals surface area contributed by atoms with Crippen molar-refractivity contribution < 1.29 is 8.83 Å².